The van der Waals surface area contributed by atoms with Gasteiger partial charge in [-0.25, -0.2) is 0 Å². The number of nitrogens with one attached hydrogen (secondary N) is 1. The zero-order chi connectivity index (χ0) is 10.8. The number of benzene rings is 1. The van der Waals surface area contributed by atoms with Crippen molar-refractivity contribution in [1.82, 2.24) is 5.32 Å². The van der Waals surface area contributed by atoms with Crippen LogP contribution < -0.4 is 11.1 Å². The normalized spacial score (nSPS) is 19.5. The van der Waals surface area contributed by atoms with E-state index >= 15 is 0 Å². The number of rotatable bonds is 3. The van der Waals surface area contributed by atoms with E-state index in [2.05, 4.69) is 31.3 Å². The van der Waals surface area contributed by atoms with Gasteiger partial charge in [0.2, 0.25) is 0 Å². The molecular formula is C13H20N2. The van der Waals surface area contributed by atoms with Crippen molar-refractivity contribution in [3.8, 4) is 0 Å². The second-order valence-corrected chi connectivity index (χ2v) is 4.82. The molecule has 2 nitrogen and oxygen atoms in total. The minimum absolute atomic E-state index is 0.575. The topological polar surface area (TPSA) is 38.0 Å². The fraction of sp³-hybridized carbons (Fsp3) is 0.538. The summed E-state index contributed by atoms with van der Waals surface area (Å²) in [7, 11) is 0. The van der Waals surface area contributed by atoms with Crippen LogP contribution in [0.2, 0.25) is 0 Å². The Morgan fingerprint density at radius 1 is 1.40 bits per heavy atom. The molecule has 1 unspecified atom stereocenters. The van der Waals surface area contributed by atoms with Crippen LogP contribution in [-0.2, 0) is 12.8 Å². The largest absolute Gasteiger partial charge is 0.398 e. The predicted octanol–water partition coefficient (Wildman–Crippen LogP) is 1.98. The van der Waals surface area contributed by atoms with Crippen LogP contribution in [0, 0.1) is 5.92 Å². The average Bonchev–Trinajstić information content (AvgIpc) is 2.59. The Morgan fingerprint density at radius 2 is 2.20 bits per heavy atom. The first-order valence-corrected chi connectivity index (χ1v) is 5.76. The van der Waals surface area contributed by atoms with Crippen LogP contribution in [0.1, 0.15) is 25.0 Å². The number of fused-ring (bicyclic) bond motifs is 1. The summed E-state index contributed by atoms with van der Waals surface area (Å²) in [5.74, 6) is 0.729. The first kappa shape index (κ1) is 10.5. The summed E-state index contributed by atoms with van der Waals surface area (Å²) >= 11 is 0. The van der Waals surface area contributed by atoms with Crippen molar-refractivity contribution in [2.24, 2.45) is 5.92 Å². The summed E-state index contributed by atoms with van der Waals surface area (Å²) in [5, 5.41) is 3.50. The molecule has 0 aliphatic heterocycles. The number of hydrogen-bond acceptors (Lipinski definition) is 2. The van der Waals surface area contributed by atoms with Crippen LogP contribution in [-0.4, -0.2) is 12.6 Å². The Labute approximate surface area is 91.9 Å². The molecule has 82 valence electrons. The highest BCUT2D eigenvalue weighted by molar-refractivity contribution is 5.53. The van der Waals surface area contributed by atoms with Gasteiger partial charge in [0, 0.05) is 11.7 Å². The van der Waals surface area contributed by atoms with E-state index < -0.39 is 0 Å². The van der Waals surface area contributed by atoms with Gasteiger partial charge in [0.1, 0.15) is 0 Å². The van der Waals surface area contributed by atoms with Gasteiger partial charge in [0.15, 0.2) is 0 Å². The monoisotopic (exact) mass is 204 g/mol. The summed E-state index contributed by atoms with van der Waals surface area (Å²) in [6.45, 7) is 5.48. The lowest BCUT2D eigenvalue weighted by Crippen LogP contribution is -2.29. The molecule has 0 bridgehead atoms. The maximum atomic E-state index is 5.97. The van der Waals surface area contributed by atoms with Gasteiger partial charge in [0.05, 0.1) is 0 Å². The van der Waals surface area contributed by atoms with Crippen LogP contribution >= 0.6 is 0 Å². The number of hydrogen-bond donors (Lipinski definition) is 2. The molecular weight excluding hydrogens is 184 g/mol. The highest BCUT2D eigenvalue weighted by Gasteiger charge is 2.22. The van der Waals surface area contributed by atoms with Gasteiger partial charge in [-0.1, -0.05) is 26.0 Å². The van der Waals surface area contributed by atoms with E-state index in [9.17, 15) is 0 Å². The van der Waals surface area contributed by atoms with E-state index in [0.717, 1.165) is 24.6 Å². The van der Waals surface area contributed by atoms with Crippen LogP contribution in [0.15, 0.2) is 18.2 Å². The molecule has 0 saturated heterocycles. The molecule has 3 N–H and O–H groups in total. The molecule has 0 heterocycles. The van der Waals surface area contributed by atoms with E-state index in [1.165, 1.54) is 17.5 Å². The summed E-state index contributed by atoms with van der Waals surface area (Å²) in [6.07, 6.45) is 2.32. The van der Waals surface area contributed by atoms with Gasteiger partial charge >= 0.3 is 0 Å². The SMILES string of the molecule is CC(C)NCC1Cc2cccc(N)c2C1. The Kier molecular flexibility index (Phi) is 2.96. The van der Waals surface area contributed by atoms with E-state index in [0.29, 0.717) is 6.04 Å². The second-order valence-electron chi connectivity index (χ2n) is 4.82. The average molecular weight is 204 g/mol. The maximum Gasteiger partial charge on any atom is 0.0349 e. The molecule has 1 aliphatic rings. The fourth-order valence-corrected chi connectivity index (χ4v) is 2.31. The zero-order valence-corrected chi connectivity index (χ0v) is 9.59. The molecule has 0 saturated carbocycles. The molecule has 2 heteroatoms. The molecule has 15 heavy (non-hydrogen) atoms. The summed E-state index contributed by atoms with van der Waals surface area (Å²) in [5.41, 5.74) is 9.77. The first-order valence-electron chi connectivity index (χ1n) is 5.76. The molecule has 0 fully saturated rings. The highest BCUT2D eigenvalue weighted by Crippen LogP contribution is 2.30. The lowest BCUT2D eigenvalue weighted by Gasteiger charge is -2.13. The van der Waals surface area contributed by atoms with Gasteiger partial charge in [-0.15, -0.1) is 0 Å². The maximum absolute atomic E-state index is 5.97. The van der Waals surface area contributed by atoms with Gasteiger partial charge in [0.25, 0.3) is 0 Å². The molecule has 0 spiro atoms. The third-order valence-electron chi connectivity index (χ3n) is 3.13. The van der Waals surface area contributed by atoms with Crippen LogP contribution in [0.5, 0.6) is 0 Å². The zero-order valence-electron chi connectivity index (χ0n) is 9.59. The van der Waals surface area contributed by atoms with Crippen molar-refractivity contribution in [2.45, 2.75) is 32.7 Å². The summed E-state index contributed by atoms with van der Waals surface area (Å²) < 4.78 is 0. The lowest BCUT2D eigenvalue weighted by molar-refractivity contribution is 0.466. The van der Waals surface area contributed by atoms with E-state index in [1.54, 1.807) is 0 Å². The standard InChI is InChI=1S/C13H20N2/c1-9(2)15-8-10-6-11-4-3-5-13(14)12(11)7-10/h3-5,9-10,15H,6-8,14H2,1-2H3. The van der Waals surface area contributed by atoms with Crippen molar-refractivity contribution < 1.29 is 0 Å². The van der Waals surface area contributed by atoms with Crippen molar-refractivity contribution in [1.29, 1.82) is 0 Å². The van der Waals surface area contributed by atoms with E-state index in [4.69, 9.17) is 5.73 Å². The quantitative estimate of drug-likeness (QED) is 0.739. The van der Waals surface area contributed by atoms with Crippen molar-refractivity contribution in [3.05, 3.63) is 29.3 Å². The third-order valence-corrected chi connectivity index (χ3v) is 3.13. The molecule has 2 rings (SSSR count). The molecule has 0 radical (unpaired) electrons. The second kappa shape index (κ2) is 4.23. The van der Waals surface area contributed by atoms with Crippen LogP contribution in [0.3, 0.4) is 0 Å². The van der Waals surface area contributed by atoms with Gasteiger partial charge < -0.3 is 11.1 Å². The number of anilines is 1. The lowest BCUT2D eigenvalue weighted by atomic mass is 10.1. The molecule has 1 atom stereocenters. The number of nitrogens with two attached hydrogens (primary N) is 1. The van der Waals surface area contributed by atoms with Gasteiger partial charge in [-0.05, 0) is 42.5 Å². The number of nitrogen functional groups attached to an aromatic ring is 1. The summed E-state index contributed by atoms with van der Waals surface area (Å²) in [4.78, 5) is 0. The van der Waals surface area contributed by atoms with Crippen molar-refractivity contribution in [2.75, 3.05) is 12.3 Å². The minimum Gasteiger partial charge on any atom is -0.398 e. The highest BCUT2D eigenvalue weighted by atomic mass is 14.9. The molecule has 1 aliphatic carbocycles. The third kappa shape index (κ3) is 2.32. The molecule has 1 aromatic carbocycles. The van der Waals surface area contributed by atoms with E-state index in [1.807, 2.05) is 6.07 Å². The molecule has 0 amide bonds. The molecule has 1 aromatic rings. The minimum atomic E-state index is 0.575. The Hall–Kier alpha value is -1.02. The smallest absolute Gasteiger partial charge is 0.0349 e. The van der Waals surface area contributed by atoms with Crippen molar-refractivity contribution in [3.63, 3.8) is 0 Å². The Morgan fingerprint density at radius 3 is 2.87 bits per heavy atom. The van der Waals surface area contributed by atoms with Gasteiger partial charge in [-0.2, -0.15) is 0 Å². The van der Waals surface area contributed by atoms with Crippen LogP contribution in [0.4, 0.5) is 5.69 Å². The van der Waals surface area contributed by atoms with Crippen LogP contribution in [0.25, 0.3) is 0 Å². The fourth-order valence-electron chi connectivity index (χ4n) is 2.31. The Balaban J connectivity index is 2.00. The predicted molar refractivity (Wildman–Crippen MR) is 64.9 cm³/mol. The van der Waals surface area contributed by atoms with E-state index in [-0.39, 0.29) is 0 Å². The first-order chi connectivity index (χ1) is 7.16. The van der Waals surface area contributed by atoms with Gasteiger partial charge in [-0.3, -0.25) is 0 Å². The summed E-state index contributed by atoms with van der Waals surface area (Å²) in [6, 6.07) is 6.86. The Bertz CT molecular complexity index is 344. The van der Waals surface area contributed by atoms with Crippen molar-refractivity contribution >= 4 is 5.69 Å². The molecule has 0 aromatic heterocycles.